The van der Waals surface area contributed by atoms with Crippen molar-refractivity contribution in [3.63, 3.8) is 0 Å². The number of methoxy groups -OCH3 is 1. The summed E-state index contributed by atoms with van der Waals surface area (Å²) in [7, 11) is 1.46. The lowest BCUT2D eigenvalue weighted by atomic mass is 10.2. The van der Waals surface area contributed by atoms with Crippen LogP contribution in [0.4, 0.5) is 11.4 Å². The van der Waals surface area contributed by atoms with E-state index in [2.05, 4.69) is 32.3 Å². The maximum absolute atomic E-state index is 12.9. The number of nitrogens with one attached hydrogen (secondary N) is 2. The molecule has 0 radical (unpaired) electrons. The molecular weight excluding hydrogens is 372 g/mol. The fraction of sp³-hybridized carbons (Fsp3) is 0.150. The van der Waals surface area contributed by atoms with Gasteiger partial charge in [0, 0.05) is 36.3 Å². The number of rotatable bonds is 7. The van der Waals surface area contributed by atoms with Crippen LogP contribution in [-0.2, 0) is 9.59 Å². The minimum absolute atomic E-state index is 0.117. The third-order valence-electron chi connectivity index (χ3n) is 3.75. The quantitative estimate of drug-likeness (QED) is 0.490. The zero-order valence-electron chi connectivity index (χ0n) is 16.4. The van der Waals surface area contributed by atoms with E-state index in [4.69, 9.17) is 10.5 Å². The second kappa shape index (κ2) is 9.79. The Labute approximate surface area is 168 Å². The average molecular weight is 394 g/mol. The number of hydrogen-bond donors (Lipinski definition) is 3. The second-order valence-corrected chi connectivity index (χ2v) is 5.88. The number of carbonyl (C=O) groups excluding carboxylic acids is 2. The van der Waals surface area contributed by atoms with Crippen molar-refractivity contribution in [3.05, 3.63) is 59.8 Å². The van der Waals surface area contributed by atoms with E-state index in [-0.39, 0.29) is 17.4 Å². The molecule has 4 N–H and O–H groups in total. The van der Waals surface area contributed by atoms with Gasteiger partial charge in [-0.15, -0.1) is 0 Å². The molecule has 0 aliphatic rings. The summed E-state index contributed by atoms with van der Waals surface area (Å²) in [6.07, 6.45) is 3.25. The van der Waals surface area contributed by atoms with Gasteiger partial charge in [-0.2, -0.15) is 0 Å². The number of aliphatic imine (C=N–C) groups is 2. The largest absolute Gasteiger partial charge is 0.495 e. The fourth-order valence-electron chi connectivity index (χ4n) is 2.38. The highest BCUT2D eigenvalue weighted by molar-refractivity contribution is 6.09. The molecule has 2 aromatic rings. The molecule has 0 saturated heterocycles. The smallest absolute Gasteiger partial charge is 0.278 e. The molecule has 2 rings (SSSR count). The van der Waals surface area contributed by atoms with Crippen LogP contribution in [0, 0.1) is 0 Å². The van der Waals surface area contributed by atoms with Gasteiger partial charge in [-0.05, 0) is 37.9 Å². The SMILES string of the molecule is C=N/C(N)=C(\N=C(C)c1cccnc1)C(=O)Nc1cc(NC(C)=O)ccc1OC. The van der Waals surface area contributed by atoms with Crippen LogP contribution in [0.5, 0.6) is 5.75 Å². The van der Waals surface area contributed by atoms with Crippen molar-refractivity contribution in [2.75, 3.05) is 17.7 Å². The van der Waals surface area contributed by atoms with Gasteiger partial charge in [0.15, 0.2) is 11.5 Å². The summed E-state index contributed by atoms with van der Waals surface area (Å²) in [5.74, 6) is -0.603. The zero-order chi connectivity index (χ0) is 21.4. The van der Waals surface area contributed by atoms with Gasteiger partial charge in [-0.25, -0.2) is 9.98 Å². The van der Waals surface area contributed by atoms with E-state index >= 15 is 0 Å². The highest BCUT2D eigenvalue weighted by Gasteiger charge is 2.17. The molecular formula is C20H22N6O3. The van der Waals surface area contributed by atoms with Gasteiger partial charge in [0.2, 0.25) is 5.91 Å². The number of pyridine rings is 1. The van der Waals surface area contributed by atoms with Crippen molar-refractivity contribution in [1.82, 2.24) is 4.98 Å². The highest BCUT2D eigenvalue weighted by atomic mass is 16.5. The third kappa shape index (κ3) is 5.73. The van der Waals surface area contributed by atoms with Crippen molar-refractivity contribution in [2.45, 2.75) is 13.8 Å². The maximum Gasteiger partial charge on any atom is 0.278 e. The minimum Gasteiger partial charge on any atom is -0.495 e. The molecule has 0 unspecified atom stereocenters. The van der Waals surface area contributed by atoms with Crippen LogP contribution in [0.25, 0.3) is 0 Å². The number of aromatic nitrogens is 1. The number of nitrogens with zero attached hydrogens (tertiary/aromatic N) is 3. The first-order valence-electron chi connectivity index (χ1n) is 8.54. The number of carbonyl (C=O) groups is 2. The Morgan fingerprint density at radius 1 is 1.21 bits per heavy atom. The van der Waals surface area contributed by atoms with E-state index in [0.29, 0.717) is 22.8 Å². The van der Waals surface area contributed by atoms with Crippen LogP contribution in [0.3, 0.4) is 0 Å². The first-order valence-corrected chi connectivity index (χ1v) is 8.54. The summed E-state index contributed by atoms with van der Waals surface area (Å²) in [6.45, 7) is 6.47. The van der Waals surface area contributed by atoms with E-state index in [1.54, 1.807) is 49.6 Å². The monoisotopic (exact) mass is 394 g/mol. The Morgan fingerprint density at radius 3 is 2.55 bits per heavy atom. The first kappa shape index (κ1) is 21.3. The maximum atomic E-state index is 12.9. The van der Waals surface area contributed by atoms with Crippen molar-refractivity contribution in [3.8, 4) is 5.75 Å². The predicted octanol–water partition coefficient (Wildman–Crippen LogP) is 2.32. The Balaban J connectivity index is 2.39. The van der Waals surface area contributed by atoms with Gasteiger partial charge in [0.1, 0.15) is 5.75 Å². The van der Waals surface area contributed by atoms with Crippen LogP contribution in [0.1, 0.15) is 19.4 Å². The van der Waals surface area contributed by atoms with Crippen molar-refractivity contribution in [1.29, 1.82) is 0 Å². The molecule has 29 heavy (non-hydrogen) atoms. The summed E-state index contributed by atoms with van der Waals surface area (Å²) >= 11 is 0. The number of nitrogens with two attached hydrogens (primary N) is 1. The zero-order valence-corrected chi connectivity index (χ0v) is 16.4. The molecule has 0 aliphatic heterocycles. The van der Waals surface area contributed by atoms with Gasteiger partial charge < -0.3 is 21.1 Å². The minimum atomic E-state index is -0.614. The molecule has 150 valence electrons. The van der Waals surface area contributed by atoms with Gasteiger partial charge in [0.05, 0.1) is 12.8 Å². The van der Waals surface area contributed by atoms with Gasteiger partial charge in [-0.1, -0.05) is 6.07 Å². The molecule has 9 heteroatoms. The molecule has 1 aromatic heterocycles. The van der Waals surface area contributed by atoms with Crippen molar-refractivity contribution < 1.29 is 14.3 Å². The predicted molar refractivity (Wildman–Crippen MR) is 113 cm³/mol. The van der Waals surface area contributed by atoms with E-state index in [1.807, 2.05) is 0 Å². The van der Waals surface area contributed by atoms with Gasteiger partial charge >= 0.3 is 0 Å². The van der Waals surface area contributed by atoms with Crippen molar-refractivity contribution in [2.24, 2.45) is 15.7 Å². The first-order chi connectivity index (χ1) is 13.8. The third-order valence-corrected chi connectivity index (χ3v) is 3.75. The Hall–Kier alpha value is -4.01. The summed E-state index contributed by atoms with van der Waals surface area (Å²) in [6, 6.07) is 8.38. The van der Waals surface area contributed by atoms with Gasteiger partial charge in [-0.3, -0.25) is 14.6 Å². The molecule has 1 aromatic carbocycles. The lowest BCUT2D eigenvalue weighted by Crippen LogP contribution is -2.19. The molecule has 0 aliphatic carbocycles. The Morgan fingerprint density at radius 2 is 1.97 bits per heavy atom. The number of anilines is 2. The fourth-order valence-corrected chi connectivity index (χ4v) is 2.38. The lowest BCUT2D eigenvalue weighted by molar-refractivity contribution is -0.114. The number of hydrogen-bond acceptors (Lipinski definition) is 7. The van der Waals surface area contributed by atoms with Crippen molar-refractivity contribution >= 4 is 35.6 Å². The second-order valence-electron chi connectivity index (χ2n) is 5.88. The van der Waals surface area contributed by atoms with E-state index in [1.165, 1.54) is 14.0 Å². The van der Waals surface area contributed by atoms with E-state index < -0.39 is 5.91 Å². The molecule has 9 nitrogen and oxygen atoms in total. The summed E-state index contributed by atoms with van der Waals surface area (Å²) in [5.41, 5.74) is 7.79. The van der Waals surface area contributed by atoms with Crippen LogP contribution in [0.2, 0.25) is 0 Å². The number of amides is 2. The van der Waals surface area contributed by atoms with Gasteiger partial charge in [0.25, 0.3) is 5.91 Å². The van der Waals surface area contributed by atoms with E-state index in [0.717, 1.165) is 5.56 Å². The van der Waals surface area contributed by atoms with Crippen LogP contribution < -0.4 is 21.1 Å². The summed E-state index contributed by atoms with van der Waals surface area (Å²) in [4.78, 5) is 36.2. The highest BCUT2D eigenvalue weighted by Crippen LogP contribution is 2.28. The summed E-state index contributed by atoms with van der Waals surface area (Å²) in [5, 5.41) is 5.32. The van der Waals surface area contributed by atoms with Crippen LogP contribution in [-0.4, -0.2) is 36.3 Å². The molecule has 0 saturated carbocycles. The normalized spacial score (nSPS) is 11.9. The molecule has 0 bridgehead atoms. The number of benzene rings is 1. The summed E-state index contributed by atoms with van der Waals surface area (Å²) < 4.78 is 5.27. The van der Waals surface area contributed by atoms with Crippen LogP contribution in [0.15, 0.2) is 64.2 Å². The topological polar surface area (TPSA) is 131 Å². The number of ether oxygens (including phenoxy) is 1. The Kier molecular flexibility index (Phi) is 7.19. The standard InChI is InChI=1S/C20H22N6O3/c1-12(14-6-5-9-23-11-14)24-18(19(21)22-3)20(28)26-16-10-15(25-13(2)27)7-8-17(16)29-4/h5-11H,3,21H2,1-2,4H3,(H,25,27)(H,26,28)/b19-18-,24-12?. The molecule has 2 amide bonds. The molecule has 1 heterocycles. The molecule has 0 spiro atoms. The lowest BCUT2D eigenvalue weighted by Gasteiger charge is -2.13. The van der Waals surface area contributed by atoms with E-state index in [9.17, 15) is 9.59 Å². The Bertz CT molecular complexity index is 983. The molecule has 0 fully saturated rings. The molecule has 0 atom stereocenters. The van der Waals surface area contributed by atoms with Crippen LogP contribution >= 0.6 is 0 Å². The average Bonchev–Trinajstić information content (AvgIpc) is 2.71.